The highest BCUT2D eigenvalue weighted by atomic mass is 35.5. The zero-order valence-corrected chi connectivity index (χ0v) is 13.8. The Kier molecular flexibility index (Phi) is 5.13. The number of hydrogen-bond acceptors (Lipinski definition) is 3. The number of aryl methyl sites for hydroxylation is 2. The number of hydrogen-bond donors (Lipinski definition) is 1. The zero-order valence-electron chi connectivity index (χ0n) is 12.3. The minimum atomic E-state index is 0.461. The lowest BCUT2D eigenvalue weighted by Crippen LogP contribution is -2.22. The molecule has 0 aliphatic carbocycles. The van der Waals surface area contributed by atoms with Gasteiger partial charge in [-0.2, -0.15) is 5.10 Å². The molecule has 1 heterocycles. The average molecular weight is 310 g/mol. The molecule has 0 radical (unpaired) electrons. The van der Waals surface area contributed by atoms with E-state index in [1.807, 2.05) is 36.0 Å². The SMILES string of the molecule is Cc1nn(C)c(Sc2ccc(Cl)cc2)c1CNC(C)C. The highest BCUT2D eigenvalue weighted by molar-refractivity contribution is 7.99. The summed E-state index contributed by atoms with van der Waals surface area (Å²) in [7, 11) is 1.99. The molecule has 0 atom stereocenters. The summed E-state index contributed by atoms with van der Waals surface area (Å²) in [4.78, 5) is 1.17. The smallest absolute Gasteiger partial charge is 0.103 e. The Labute approximate surface area is 129 Å². The van der Waals surface area contributed by atoms with Gasteiger partial charge in [-0.3, -0.25) is 4.68 Å². The molecule has 0 fully saturated rings. The fourth-order valence-electron chi connectivity index (χ4n) is 1.93. The number of nitrogens with one attached hydrogen (secondary N) is 1. The van der Waals surface area contributed by atoms with Crippen molar-refractivity contribution in [3.63, 3.8) is 0 Å². The second-order valence-electron chi connectivity index (χ2n) is 5.08. The summed E-state index contributed by atoms with van der Waals surface area (Å²) >= 11 is 7.65. The van der Waals surface area contributed by atoms with Crippen molar-refractivity contribution in [2.45, 2.75) is 43.3 Å². The molecule has 5 heteroatoms. The average Bonchev–Trinajstić information content (AvgIpc) is 2.64. The summed E-state index contributed by atoms with van der Waals surface area (Å²) in [5.41, 5.74) is 2.35. The maximum atomic E-state index is 5.93. The maximum absolute atomic E-state index is 5.93. The largest absolute Gasteiger partial charge is 0.310 e. The van der Waals surface area contributed by atoms with Crippen molar-refractivity contribution in [3.8, 4) is 0 Å². The lowest BCUT2D eigenvalue weighted by molar-refractivity contribution is 0.580. The summed E-state index contributed by atoms with van der Waals surface area (Å²) in [6.07, 6.45) is 0. The van der Waals surface area contributed by atoms with Crippen molar-refractivity contribution >= 4 is 23.4 Å². The van der Waals surface area contributed by atoms with Gasteiger partial charge in [-0.25, -0.2) is 0 Å². The fraction of sp³-hybridized carbons (Fsp3) is 0.400. The zero-order chi connectivity index (χ0) is 14.7. The molecule has 2 aromatic rings. The standard InChI is InChI=1S/C15H20ClN3S/c1-10(2)17-9-14-11(3)18-19(4)15(14)20-13-7-5-12(16)6-8-13/h5-8,10,17H,9H2,1-4H3. The molecule has 0 aliphatic rings. The van der Waals surface area contributed by atoms with E-state index in [4.69, 9.17) is 11.6 Å². The van der Waals surface area contributed by atoms with E-state index in [0.717, 1.165) is 17.3 Å². The number of aromatic nitrogens is 2. The van der Waals surface area contributed by atoms with E-state index in [2.05, 4.69) is 31.2 Å². The van der Waals surface area contributed by atoms with Crippen molar-refractivity contribution in [2.75, 3.05) is 0 Å². The van der Waals surface area contributed by atoms with E-state index in [1.165, 1.54) is 15.5 Å². The molecule has 0 amide bonds. The molecule has 0 bridgehead atoms. The van der Waals surface area contributed by atoms with Crippen LogP contribution in [0.2, 0.25) is 5.02 Å². The van der Waals surface area contributed by atoms with E-state index in [1.54, 1.807) is 11.8 Å². The van der Waals surface area contributed by atoms with Gasteiger partial charge < -0.3 is 5.32 Å². The van der Waals surface area contributed by atoms with Crippen LogP contribution >= 0.6 is 23.4 Å². The van der Waals surface area contributed by atoms with Crippen molar-refractivity contribution in [2.24, 2.45) is 7.05 Å². The Morgan fingerprint density at radius 3 is 2.55 bits per heavy atom. The van der Waals surface area contributed by atoms with E-state index < -0.39 is 0 Å². The van der Waals surface area contributed by atoms with Crippen LogP contribution in [0.3, 0.4) is 0 Å². The third-order valence-corrected chi connectivity index (χ3v) is 4.47. The van der Waals surface area contributed by atoms with Crippen LogP contribution < -0.4 is 5.32 Å². The first kappa shape index (κ1) is 15.4. The van der Waals surface area contributed by atoms with Crippen LogP contribution in [-0.4, -0.2) is 15.8 Å². The number of rotatable bonds is 5. The molecule has 20 heavy (non-hydrogen) atoms. The predicted molar refractivity (Wildman–Crippen MR) is 85.5 cm³/mol. The lowest BCUT2D eigenvalue weighted by Gasteiger charge is -2.10. The first-order valence-corrected chi connectivity index (χ1v) is 7.86. The predicted octanol–water partition coefficient (Wildman–Crippen LogP) is 4.03. The second kappa shape index (κ2) is 6.66. The Hall–Kier alpha value is -0.970. The van der Waals surface area contributed by atoms with Gasteiger partial charge in [-0.1, -0.05) is 37.2 Å². The Bertz CT molecular complexity index is 576. The van der Waals surface area contributed by atoms with Gasteiger partial charge in [-0.15, -0.1) is 0 Å². The van der Waals surface area contributed by atoms with Crippen molar-refractivity contribution < 1.29 is 0 Å². The third kappa shape index (κ3) is 3.78. The summed E-state index contributed by atoms with van der Waals surface area (Å²) in [5.74, 6) is 0. The molecule has 2 rings (SSSR count). The van der Waals surface area contributed by atoms with Gasteiger partial charge >= 0.3 is 0 Å². The fourth-order valence-corrected chi connectivity index (χ4v) is 3.07. The normalized spacial score (nSPS) is 11.3. The minimum Gasteiger partial charge on any atom is -0.310 e. The van der Waals surface area contributed by atoms with Crippen LogP contribution in [0.4, 0.5) is 0 Å². The van der Waals surface area contributed by atoms with E-state index in [0.29, 0.717) is 6.04 Å². The lowest BCUT2D eigenvalue weighted by atomic mass is 10.2. The van der Waals surface area contributed by atoms with Gasteiger partial charge in [-0.05, 0) is 31.2 Å². The van der Waals surface area contributed by atoms with Crippen molar-refractivity contribution in [1.29, 1.82) is 0 Å². The van der Waals surface area contributed by atoms with E-state index in [-0.39, 0.29) is 0 Å². The van der Waals surface area contributed by atoms with Gasteiger partial charge in [0, 0.05) is 35.1 Å². The Morgan fingerprint density at radius 1 is 1.30 bits per heavy atom. The van der Waals surface area contributed by atoms with Crippen molar-refractivity contribution in [1.82, 2.24) is 15.1 Å². The monoisotopic (exact) mass is 309 g/mol. The van der Waals surface area contributed by atoms with Gasteiger partial charge in [0.25, 0.3) is 0 Å². The molecule has 1 N–H and O–H groups in total. The van der Waals surface area contributed by atoms with Crippen LogP contribution in [0.15, 0.2) is 34.2 Å². The van der Waals surface area contributed by atoms with Gasteiger partial charge in [0.2, 0.25) is 0 Å². The molecule has 1 aromatic heterocycles. The Balaban J connectivity index is 2.23. The van der Waals surface area contributed by atoms with Gasteiger partial charge in [0.05, 0.1) is 5.69 Å². The molecule has 3 nitrogen and oxygen atoms in total. The molecule has 0 unspecified atom stereocenters. The van der Waals surface area contributed by atoms with Crippen LogP contribution in [0, 0.1) is 6.92 Å². The maximum Gasteiger partial charge on any atom is 0.103 e. The molecular formula is C15H20ClN3S. The Morgan fingerprint density at radius 2 is 1.95 bits per heavy atom. The summed E-state index contributed by atoms with van der Waals surface area (Å²) in [6, 6.07) is 8.37. The van der Waals surface area contributed by atoms with Crippen LogP contribution in [0.5, 0.6) is 0 Å². The number of halogens is 1. The van der Waals surface area contributed by atoms with Crippen molar-refractivity contribution in [3.05, 3.63) is 40.5 Å². The molecule has 0 spiro atoms. The minimum absolute atomic E-state index is 0.461. The molecule has 1 aromatic carbocycles. The van der Waals surface area contributed by atoms with Crippen LogP contribution in [-0.2, 0) is 13.6 Å². The molecule has 0 aliphatic heterocycles. The van der Waals surface area contributed by atoms with Crippen LogP contribution in [0.1, 0.15) is 25.1 Å². The highest BCUT2D eigenvalue weighted by Gasteiger charge is 2.14. The summed E-state index contributed by atoms with van der Waals surface area (Å²) in [5, 5.41) is 9.94. The highest BCUT2D eigenvalue weighted by Crippen LogP contribution is 2.32. The number of nitrogens with zero attached hydrogens (tertiary/aromatic N) is 2. The number of benzene rings is 1. The first-order chi connectivity index (χ1) is 9.47. The topological polar surface area (TPSA) is 29.9 Å². The van der Waals surface area contributed by atoms with E-state index in [9.17, 15) is 0 Å². The summed E-state index contributed by atoms with van der Waals surface area (Å²) in [6.45, 7) is 7.20. The second-order valence-corrected chi connectivity index (χ2v) is 6.58. The van der Waals surface area contributed by atoms with Gasteiger partial charge in [0.1, 0.15) is 5.03 Å². The quantitative estimate of drug-likeness (QED) is 0.904. The van der Waals surface area contributed by atoms with Crippen LogP contribution in [0.25, 0.3) is 0 Å². The van der Waals surface area contributed by atoms with E-state index >= 15 is 0 Å². The first-order valence-electron chi connectivity index (χ1n) is 6.66. The third-order valence-electron chi connectivity index (χ3n) is 3.00. The van der Waals surface area contributed by atoms with Gasteiger partial charge in [0.15, 0.2) is 0 Å². The molecular weight excluding hydrogens is 290 g/mol. The molecule has 0 saturated heterocycles. The molecule has 108 valence electrons. The summed E-state index contributed by atoms with van der Waals surface area (Å²) < 4.78 is 1.95. The molecule has 0 saturated carbocycles.